The van der Waals surface area contributed by atoms with Gasteiger partial charge in [0, 0.05) is 30.3 Å². The van der Waals surface area contributed by atoms with Crippen LogP contribution in [0.1, 0.15) is 31.4 Å². The third-order valence-electron chi connectivity index (χ3n) is 4.16. The predicted octanol–water partition coefficient (Wildman–Crippen LogP) is 4.22. The summed E-state index contributed by atoms with van der Waals surface area (Å²) in [6.45, 7) is 5.43. The number of nitrogens with one attached hydrogen (secondary N) is 1. The van der Waals surface area contributed by atoms with E-state index in [1.165, 1.54) is 11.3 Å². The second-order valence-electron chi connectivity index (χ2n) is 5.87. The van der Waals surface area contributed by atoms with Gasteiger partial charge in [0.1, 0.15) is 0 Å². The van der Waals surface area contributed by atoms with Crippen LogP contribution in [0.4, 0.5) is 5.13 Å². The average Bonchev–Trinajstić information content (AvgIpc) is 3.11. The number of thiazole rings is 1. The van der Waals surface area contributed by atoms with Crippen molar-refractivity contribution in [3.05, 3.63) is 40.5 Å². The van der Waals surface area contributed by atoms with E-state index in [9.17, 15) is 4.79 Å². The summed E-state index contributed by atoms with van der Waals surface area (Å²) in [6.07, 6.45) is 7.70. The SMILES string of the molecule is C=C(SC1CCOCC1)C(=O)Nc1nc(C2=CC=C(OC)CC2)cs1. The third-order valence-corrected chi connectivity index (χ3v) is 6.19. The number of carbonyl (C=O) groups is 1. The van der Waals surface area contributed by atoms with Gasteiger partial charge in [-0.25, -0.2) is 4.98 Å². The molecule has 3 rings (SSSR count). The first kappa shape index (κ1) is 18.2. The van der Waals surface area contributed by atoms with Gasteiger partial charge in [0.15, 0.2) is 5.13 Å². The quantitative estimate of drug-likeness (QED) is 0.751. The first-order valence-electron chi connectivity index (χ1n) is 8.30. The largest absolute Gasteiger partial charge is 0.501 e. The van der Waals surface area contributed by atoms with Crippen LogP contribution in [0.15, 0.2) is 34.8 Å². The summed E-state index contributed by atoms with van der Waals surface area (Å²) >= 11 is 2.98. The molecule has 0 radical (unpaired) electrons. The minimum atomic E-state index is -0.170. The predicted molar refractivity (Wildman–Crippen MR) is 104 cm³/mol. The Morgan fingerprint density at radius 3 is 2.88 bits per heavy atom. The lowest BCUT2D eigenvalue weighted by Crippen LogP contribution is -2.20. The maximum absolute atomic E-state index is 12.3. The molecule has 0 spiro atoms. The number of anilines is 1. The standard InChI is InChI=1S/C18H22N2O3S2/c1-12(25-15-7-9-23-10-8-15)17(21)20-18-19-16(11-24-18)13-3-5-14(22-2)6-4-13/h3,5,11,15H,1,4,6-10H2,2H3,(H,19,20,21). The number of ether oxygens (including phenoxy) is 2. The molecule has 0 bridgehead atoms. The van der Waals surface area contributed by atoms with Crippen molar-refractivity contribution in [2.75, 3.05) is 25.6 Å². The van der Waals surface area contributed by atoms with Crippen molar-refractivity contribution in [2.24, 2.45) is 0 Å². The Kier molecular flexibility index (Phi) is 6.34. The number of thioether (sulfide) groups is 1. The Labute approximate surface area is 156 Å². The summed E-state index contributed by atoms with van der Waals surface area (Å²) in [5.74, 6) is 0.811. The molecule has 0 atom stereocenters. The van der Waals surface area contributed by atoms with Gasteiger partial charge in [-0.1, -0.05) is 12.7 Å². The van der Waals surface area contributed by atoms with Crippen LogP contribution in [0, 0.1) is 0 Å². The minimum absolute atomic E-state index is 0.170. The third kappa shape index (κ3) is 4.96. The van der Waals surface area contributed by atoms with Crippen LogP contribution in [0.5, 0.6) is 0 Å². The van der Waals surface area contributed by atoms with Gasteiger partial charge in [-0.3, -0.25) is 10.1 Å². The van der Waals surface area contributed by atoms with Gasteiger partial charge in [-0.15, -0.1) is 23.1 Å². The van der Waals surface area contributed by atoms with Gasteiger partial charge in [0.25, 0.3) is 5.91 Å². The molecule has 0 aromatic carbocycles. The number of aromatic nitrogens is 1. The van der Waals surface area contributed by atoms with Crippen molar-refractivity contribution in [1.29, 1.82) is 0 Å². The molecule has 1 aromatic rings. The highest BCUT2D eigenvalue weighted by molar-refractivity contribution is 8.04. The highest BCUT2D eigenvalue weighted by Gasteiger charge is 2.19. The number of carbonyl (C=O) groups excluding carboxylic acids is 1. The molecule has 7 heteroatoms. The van der Waals surface area contributed by atoms with Crippen LogP contribution < -0.4 is 5.32 Å². The van der Waals surface area contributed by atoms with Crippen molar-refractivity contribution in [2.45, 2.75) is 30.9 Å². The lowest BCUT2D eigenvalue weighted by Gasteiger charge is -2.21. The van der Waals surface area contributed by atoms with Gasteiger partial charge in [0.05, 0.1) is 23.5 Å². The highest BCUT2D eigenvalue weighted by atomic mass is 32.2. The zero-order chi connectivity index (χ0) is 17.6. The van der Waals surface area contributed by atoms with Gasteiger partial charge in [0.2, 0.25) is 0 Å². The summed E-state index contributed by atoms with van der Waals surface area (Å²) in [6, 6.07) is 0. The van der Waals surface area contributed by atoms with Crippen LogP contribution in [0.3, 0.4) is 0 Å². The van der Waals surface area contributed by atoms with Crippen molar-refractivity contribution < 1.29 is 14.3 Å². The minimum Gasteiger partial charge on any atom is -0.501 e. The number of allylic oxidation sites excluding steroid dienone is 4. The second kappa shape index (κ2) is 8.69. The fraction of sp³-hybridized carbons (Fsp3) is 0.444. The summed E-state index contributed by atoms with van der Waals surface area (Å²) in [4.78, 5) is 17.4. The molecule has 1 aromatic heterocycles. The Morgan fingerprint density at radius 2 is 2.20 bits per heavy atom. The molecule has 1 amide bonds. The average molecular weight is 379 g/mol. The maximum Gasteiger partial charge on any atom is 0.263 e. The molecular formula is C18H22N2O3S2. The van der Waals surface area contributed by atoms with E-state index in [0.29, 0.717) is 15.3 Å². The van der Waals surface area contributed by atoms with E-state index in [2.05, 4.69) is 16.9 Å². The normalized spacial score (nSPS) is 18.3. The van der Waals surface area contributed by atoms with Crippen molar-refractivity contribution in [3.8, 4) is 0 Å². The van der Waals surface area contributed by atoms with Crippen LogP contribution in [0.2, 0.25) is 0 Å². The van der Waals surface area contributed by atoms with Crippen LogP contribution in [-0.2, 0) is 14.3 Å². The van der Waals surface area contributed by atoms with E-state index in [1.807, 2.05) is 17.5 Å². The smallest absolute Gasteiger partial charge is 0.263 e. The number of hydrogen-bond donors (Lipinski definition) is 1. The Bertz CT molecular complexity index is 703. The fourth-order valence-electron chi connectivity index (χ4n) is 2.70. The molecule has 134 valence electrons. The zero-order valence-electron chi connectivity index (χ0n) is 14.2. The van der Waals surface area contributed by atoms with Gasteiger partial charge in [-0.2, -0.15) is 0 Å². The molecule has 0 saturated carbocycles. The number of rotatable bonds is 6. The summed E-state index contributed by atoms with van der Waals surface area (Å²) in [5.41, 5.74) is 2.07. The van der Waals surface area contributed by atoms with E-state index in [0.717, 1.165) is 55.9 Å². The second-order valence-corrected chi connectivity index (χ2v) is 8.13. The van der Waals surface area contributed by atoms with Crippen molar-refractivity contribution >= 4 is 39.7 Å². The molecule has 0 unspecified atom stereocenters. The number of nitrogens with zero attached hydrogens (tertiary/aromatic N) is 1. The summed E-state index contributed by atoms with van der Waals surface area (Å²) in [7, 11) is 1.69. The molecule has 1 aliphatic carbocycles. The molecular weight excluding hydrogens is 356 g/mol. The molecule has 1 aliphatic heterocycles. The summed E-state index contributed by atoms with van der Waals surface area (Å²) in [5, 5.41) is 5.85. The molecule has 25 heavy (non-hydrogen) atoms. The summed E-state index contributed by atoms with van der Waals surface area (Å²) < 4.78 is 10.6. The van der Waals surface area contributed by atoms with Crippen LogP contribution in [-0.4, -0.2) is 36.5 Å². The van der Waals surface area contributed by atoms with E-state index in [-0.39, 0.29) is 5.91 Å². The lowest BCUT2D eigenvalue weighted by atomic mass is 10.0. The van der Waals surface area contributed by atoms with E-state index < -0.39 is 0 Å². The van der Waals surface area contributed by atoms with Gasteiger partial charge in [-0.05, 0) is 30.9 Å². The molecule has 2 aliphatic rings. The lowest BCUT2D eigenvalue weighted by molar-refractivity contribution is -0.112. The first-order chi connectivity index (χ1) is 12.2. The monoisotopic (exact) mass is 378 g/mol. The Balaban J connectivity index is 1.55. The van der Waals surface area contributed by atoms with Crippen LogP contribution >= 0.6 is 23.1 Å². The van der Waals surface area contributed by atoms with Gasteiger partial charge >= 0.3 is 0 Å². The van der Waals surface area contributed by atoms with E-state index in [4.69, 9.17) is 9.47 Å². The number of amides is 1. The van der Waals surface area contributed by atoms with Crippen molar-refractivity contribution in [3.63, 3.8) is 0 Å². The number of methoxy groups -OCH3 is 1. The van der Waals surface area contributed by atoms with Gasteiger partial charge < -0.3 is 9.47 Å². The first-order valence-corrected chi connectivity index (χ1v) is 10.1. The fourth-order valence-corrected chi connectivity index (χ4v) is 4.41. The van der Waals surface area contributed by atoms with E-state index >= 15 is 0 Å². The molecule has 5 nitrogen and oxygen atoms in total. The van der Waals surface area contributed by atoms with Crippen molar-refractivity contribution in [1.82, 2.24) is 4.98 Å². The topological polar surface area (TPSA) is 60.5 Å². The zero-order valence-corrected chi connectivity index (χ0v) is 15.9. The number of hydrogen-bond acceptors (Lipinski definition) is 6. The highest BCUT2D eigenvalue weighted by Crippen LogP contribution is 2.31. The molecule has 1 N–H and O–H groups in total. The Morgan fingerprint density at radius 1 is 1.40 bits per heavy atom. The molecule has 2 heterocycles. The molecule has 1 fully saturated rings. The maximum atomic E-state index is 12.3. The molecule has 1 saturated heterocycles. The Hall–Kier alpha value is -1.57. The van der Waals surface area contributed by atoms with E-state index in [1.54, 1.807) is 18.9 Å². The van der Waals surface area contributed by atoms with Crippen LogP contribution in [0.25, 0.3) is 5.57 Å².